The van der Waals surface area contributed by atoms with Gasteiger partial charge in [-0.15, -0.1) is 0 Å². The average Bonchev–Trinajstić information content (AvgIpc) is 2.65. The molecule has 0 bridgehead atoms. The van der Waals surface area contributed by atoms with Gasteiger partial charge in [-0.1, -0.05) is 39.0 Å². The van der Waals surface area contributed by atoms with Gasteiger partial charge in [-0.2, -0.15) is 0 Å². The van der Waals surface area contributed by atoms with E-state index in [0.29, 0.717) is 25.7 Å². The number of carbonyl (C=O) groups is 2. The average molecular weight is 447 g/mol. The second-order valence-electron chi connectivity index (χ2n) is 8.86. The zero-order valence-corrected chi connectivity index (χ0v) is 21.1. The fraction of sp³-hybridized carbons (Fsp3) is 0.739. The minimum Gasteiger partial charge on any atom is -0.550 e. The van der Waals surface area contributed by atoms with E-state index in [1.165, 1.54) is 0 Å². The Kier molecular flexibility index (Phi) is 12.0. The Morgan fingerprint density at radius 1 is 1.29 bits per heavy atom. The maximum Gasteiger partial charge on any atom is 1.00 e. The molecule has 31 heavy (non-hydrogen) atoms. The summed E-state index contributed by atoms with van der Waals surface area (Å²) in [5.74, 6) is -1.60. The molecule has 0 amide bonds. The zero-order chi connectivity index (χ0) is 22.4. The quantitative estimate of drug-likeness (QED) is 0.265. The first-order valence-electron chi connectivity index (χ1n) is 11.0. The number of ether oxygens (including phenoxy) is 1. The second kappa shape index (κ2) is 13.1. The van der Waals surface area contributed by atoms with Crippen LogP contribution in [0.5, 0.6) is 0 Å². The van der Waals surface area contributed by atoms with Crippen LogP contribution in [0.1, 0.15) is 59.3 Å². The Labute approximate surface area is 206 Å². The Hall–Kier alpha value is -0.700. The SMILES string of the molecule is CCC(C)C(=O)O[C@H]1C[C@H](O)C=C2C=C[C@H](C)[C@H](CC[C@@H](O)C[C@@H](O)CC(=O)[O-])C21.[Na+]. The van der Waals surface area contributed by atoms with E-state index in [1.807, 2.05) is 26.0 Å². The van der Waals surface area contributed by atoms with Gasteiger partial charge < -0.3 is 30.0 Å². The summed E-state index contributed by atoms with van der Waals surface area (Å²) in [6.45, 7) is 5.83. The van der Waals surface area contributed by atoms with E-state index in [1.54, 1.807) is 0 Å². The Morgan fingerprint density at radius 2 is 1.97 bits per heavy atom. The fourth-order valence-corrected chi connectivity index (χ4v) is 4.51. The largest absolute Gasteiger partial charge is 1.00 e. The molecule has 0 heterocycles. The van der Waals surface area contributed by atoms with Crippen LogP contribution in [-0.2, 0) is 14.3 Å². The summed E-state index contributed by atoms with van der Waals surface area (Å²) in [5.41, 5.74) is 0.949. The van der Waals surface area contributed by atoms with Crippen molar-refractivity contribution in [2.75, 3.05) is 0 Å². The van der Waals surface area contributed by atoms with Gasteiger partial charge in [-0.05, 0) is 43.1 Å². The molecule has 0 aromatic heterocycles. The van der Waals surface area contributed by atoms with Crippen molar-refractivity contribution in [1.82, 2.24) is 0 Å². The van der Waals surface area contributed by atoms with Crippen LogP contribution in [0, 0.1) is 23.7 Å². The summed E-state index contributed by atoms with van der Waals surface area (Å²) in [5, 5.41) is 40.8. The van der Waals surface area contributed by atoms with E-state index < -0.39 is 36.8 Å². The van der Waals surface area contributed by atoms with Crippen LogP contribution in [0.3, 0.4) is 0 Å². The molecule has 0 fully saturated rings. The Morgan fingerprint density at radius 3 is 2.58 bits per heavy atom. The molecule has 0 aliphatic heterocycles. The van der Waals surface area contributed by atoms with Gasteiger partial charge in [0, 0.05) is 24.7 Å². The molecule has 170 valence electrons. The van der Waals surface area contributed by atoms with E-state index in [9.17, 15) is 30.0 Å². The smallest absolute Gasteiger partial charge is 0.550 e. The van der Waals surface area contributed by atoms with Gasteiger partial charge in [0.05, 0.1) is 24.2 Å². The fourth-order valence-electron chi connectivity index (χ4n) is 4.51. The van der Waals surface area contributed by atoms with Crippen molar-refractivity contribution in [3.8, 4) is 0 Å². The summed E-state index contributed by atoms with van der Waals surface area (Å²) >= 11 is 0. The van der Waals surface area contributed by atoms with Gasteiger partial charge in [0.25, 0.3) is 0 Å². The number of carboxylic acids is 1. The van der Waals surface area contributed by atoms with Gasteiger partial charge in [-0.3, -0.25) is 4.79 Å². The first-order chi connectivity index (χ1) is 14.1. The standard InChI is InChI=1S/C23H36O7.Na/c1-4-13(2)23(29)30-20-11-17(25)9-15-6-5-14(3)19(22(15)20)8-7-16(24)10-18(26)12-21(27)28;/h5-6,9,13-14,16-20,22,24-26H,4,7-8,10-12H2,1-3H3,(H,27,28);/q;+1/p-1/t13?,14-,16+,17+,18+,19-,20-,22?;/m0./s1. The Balaban J connectivity index is 0.00000480. The molecule has 0 spiro atoms. The summed E-state index contributed by atoms with van der Waals surface area (Å²) in [4.78, 5) is 23.0. The van der Waals surface area contributed by atoms with Crippen LogP contribution < -0.4 is 34.7 Å². The van der Waals surface area contributed by atoms with E-state index in [4.69, 9.17) is 4.74 Å². The molecule has 3 N–H and O–H groups in total. The van der Waals surface area contributed by atoms with Crippen LogP contribution in [-0.4, -0.2) is 51.7 Å². The van der Waals surface area contributed by atoms with Crippen molar-refractivity contribution < 1.29 is 64.3 Å². The molecule has 2 unspecified atom stereocenters. The third kappa shape index (κ3) is 8.30. The predicted octanol–water partition coefficient (Wildman–Crippen LogP) is -1.89. The molecule has 0 saturated heterocycles. The van der Waals surface area contributed by atoms with Gasteiger partial charge in [-0.25, -0.2) is 0 Å². The molecular formula is C23H35NaO7. The van der Waals surface area contributed by atoms with Gasteiger partial charge >= 0.3 is 35.5 Å². The molecule has 7 nitrogen and oxygen atoms in total. The number of aliphatic hydroxyl groups is 3. The summed E-state index contributed by atoms with van der Waals surface area (Å²) in [7, 11) is 0. The van der Waals surface area contributed by atoms with Crippen LogP contribution in [0.15, 0.2) is 23.8 Å². The molecule has 0 aromatic rings. The molecule has 2 aliphatic rings. The third-order valence-electron chi connectivity index (χ3n) is 6.43. The van der Waals surface area contributed by atoms with E-state index in [2.05, 4.69) is 13.0 Å². The minimum atomic E-state index is -1.35. The second-order valence-corrected chi connectivity index (χ2v) is 8.86. The number of esters is 1. The minimum absolute atomic E-state index is 0. The van der Waals surface area contributed by atoms with Gasteiger partial charge in [0.15, 0.2) is 0 Å². The maximum atomic E-state index is 12.4. The van der Waals surface area contributed by atoms with Crippen molar-refractivity contribution in [3.05, 3.63) is 23.8 Å². The van der Waals surface area contributed by atoms with Gasteiger partial charge in [0.1, 0.15) is 6.10 Å². The molecule has 8 heteroatoms. The summed E-state index contributed by atoms with van der Waals surface area (Å²) < 4.78 is 5.83. The van der Waals surface area contributed by atoms with Crippen molar-refractivity contribution in [2.24, 2.45) is 23.7 Å². The van der Waals surface area contributed by atoms with E-state index in [-0.39, 0.29) is 65.6 Å². The number of aliphatic carboxylic acids is 1. The topological polar surface area (TPSA) is 127 Å². The van der Waals surface area contributed by atoms with Crippen molar-refractivity contribution in [1.29, 1.82) is 0 Å². The molecule has 0 aromatic carbocycles. The van der Waals surface area contributed by atoms with Crippen LogP contribution in [0.4, 0.5) is 0 Å². The van der Waals surface area contributed by atoms with Crippen LogP contribution in [0.2, 0.25) is 0 Å². The van der Waals surface area contributed by atoms with Crippen molar-refractivity contribution in [2.45, 2.75) is 83.7 Å². The first-order valence-corrected chi connectivity index (χ1v) is 11.0. The predicted molar refractivity (Wildman–Crippen MR) is 109 cm³/mol. The number of allylic oxidation sites excluding steroid dienone is 2. The summed E-state index contributed by atoms with van der Waals surface area (Å²) in [6, 6.07) is 0. The van der Waals surface area contributed by atoms with Crippen molar-refractivity contribution in [3.63, 3.8) is 0 Å². The number of aliphatic hydroxyl groups excluding tert-OH is 3. The molecule has 2 rings (SSSR count). The number of carbonyl (C=O) groups excluding carboxylic acids is 2. The normalized spacial score (nSPS) is 30.3. The van der Waals surface area contributed by atoms with E-state index in [0.717, 1.165) is 5.57 Å². The zero-order valence-electron chi connectivity index (χ0n) is 19.1. The molecular weight excluding hydrogens is 411 g/mol. The molecule has 2 aliphatic carbocycles. The van der Waals surface area contributed by atoms with Crippen LogP contribution in [0.25, 0.3) is 0 Å². The summed E-state index contributed by atoms with van der Waals surface area (Å²) in [6.07, 6.45) is 4.31. The maximum absolute atomic E-state index is 12.4. The number of fused-ring (bicyclic) bond motifs is 1. The molecule has 0 saturated carbocycles. The number of carboxylic acid groups (broad SMARTS) is 1. The van der Waals surface area contributed by atoms with Crippen LogP contribution >= 0.6 is 0 Å². The number of hydrogen-bond donors (Lipinski definition) is 3. The van der Waals surface area contributed by atoms with Gasteiger partial charge in [0.2, 0.25) is 0 Å². The van der Waals surface area contributed by atoms with E-state index >= 15 is 0 Å². The molecule has 0 radical (unpaired) electrons. The molecule has 8 atom stereocenters. The number of hydrogen-bond acceptors (Lipinski definition) is 7. The first kappa shape index (κ1) is 28.3. The third-order valence-corrected chi connectivity index (χ3v) is 6.43. The Bertz CT molecular complexity index is 662. The number of rotatable bonds is 10. The monoisotopic (exact) mass is 446 g/mol. The van der Waals surface area contributed by atoms with Crippen molar-refractivity contribution >= 4 is 11.9 Å².